The SMILES string of the molecule is CNCc1nccn1C. The molecule has 9 heavy (non-hydrogen) atoms. The van der Waals surface area contributed by atoms with Crippen LogP contribution in [-0.2, 0) is 13.6 Å². The standard InChI is InChI=1S/C6H11N3/c1-7-5-6-8-3-4-9(6)2/h3-4,7H,5H2,1-2H3. The summed E-state index contributed by atoms with van der Waals surface area (Å²) >= 11 is 0. The van der Waals surface area contributed by atoms with Crippen LogP contribution < -0.4 is 5.32 Å². The van der Waals surface area contributed by atoms with Gasteiger partial charge < -0.3 is 9.88 Å². The Morgan fingerprint density at radius 2 is 2.56 bits per heavy atom. The second kappa shape index (κ2) is 2.64. The van der Waals surface area contributed by atoms with Gasteiger partial charge in [-0.05, 0) is 7.05 Å². The lowest BCUT2D eigenvalue weighted by Gasteiger charge is -1.97. The number of imidazole rings is 1. The Kier molecular flexibility index (Phi) is 1.85. The van der Waals surface area contributed by atoms with Crippen molar-refractivity contribution in [2.75, 3.05) is 7.05 Å². The summed E-state index contributed by atoms with van der Waals surface area (Å²) in [4.78, 5) is 4.11. The van der Waals surface area contributed by atoms with Crippen LogP contribution in [0.4, 0.5) is 0 Å². The van der Waals surface area contributed by atoms with Crippen molar-refractivity contribution in [2.45, 2.75) is 6.54 Å². The van der Waals surface area contributed by atoms with Crippen molar-refractivity contribution >= 4 is 0 Å². The second-order valence-electron chi connectivity index (χ2n) is 1.98. The molecular formula is C6H11N3. The van der Waals surface area contributed by atoms with Crippen LogP contribution in [0, 0.1) is 0 Å². The summed E-state index contributed by atoms with van der Waals surface area (Å²) in [7, 11) is 3.90. The Morgan fingerprint density at radius 1 is 1.78 bits per heavy atom. The van der Waals surface area contributed by atoms with Crippen molar-refractivity contribution in [3.05, 3.63) is 18.2 Å². The first-order valence-corrected chi connectivity index (χ1v) is 2.95. The predicted molar refractivity (Wildman–Crippen MR) is 36.0 cm³/mol. The zero-order valence-electron chi connectivity index (χ0n) is 5.76. The van der Waals surface area contributed by atoms with E-state index in [-0.39, 0.29) is 0 Å². The van der Waals surface area contributed by atoms with Gasteiger partial charge >= 0.3 is 0 Å². The molecule has 1 rings (SSSR count). The molecule has 0 atom stereocenters. The van der Waals surface area contributed by atoms with Crippen LogP contribution in [0.25, 0.3) is 0 Å². The first-order valence-electron chi connectivity index (χ1n) is 2.95. The molecule has 0 aromatic carbocycles. The summed E-state index contributed by atoms with van der Waals surface area (Å²) in [6.07, 6.45) is 3.74. The number of nitrogens with one attached hydrogen (secondary N) is 1. The quantitative estimate of drug-likeness (QED) is 0.609. The third kappa shape index (κ3) is 1.29. The Hall–Kier alpha value is -0.830. The Balaban J connectivity index is 2.69. The second-order valence-corrected chi connectivity index (χ2v) is 1.98. The maximum atomic E-state index is 4.11. The van der Waals surface area contributed by atoms with E-state index in [4.69, 9.17) is 0 Å². The number of nitrogens with zero attached hydrogens (tertiary/aromatic N) is 2. The molecule has 0 spiro atoms. The lowest BCUT2D eigenvalue weighted by atomic mass is 10.6. The van der Waals surface area contributed by atoms with Crippen molar-refractivity contribution < 1.29 is 0 Å². The molecule has 50 valence electrons. The van der Waals surface area contributed by atoms with Crippen LogP contribution in [0.3, 0.4) is 0 Å². The first kappa shape index (κ1) is 6.29. The van der Waals surface area contributed by atoms with Crippen LogP contribution >= 0.6 is 0 Å². The van der Waals surface area contributed by atoms with Crippen molar-refractivity contribution in [3.63, 3.8) is 0 Å². The van der Waals surface area contributed by atoms with E-state index in [1.165, 1.54) is 0 Å². The molecule has 0 fully saturated rings. The van der Waals surface area contributed by atoms with Crippen LogP contribution in [0.5, 0.6) is 0 Å². The van der Waals surface area contributed by atoms with Gasteiger partial charge in [0.25, 0.3) is 0 Å². The van der Waals surface area contributed by atoms with Gasteiger partial charge in [-0.25, -0.2) is 4.98 Å². The molecule has 0 aliphatic carbocycles. The fraction of sp³-hybridized carbons (Fsp3) is 0.500. The summed E-state index contributed by atoms with van der Waals surface area (Å²) in [5.74, 6) is 1.07. The number of aromatic nitrogens is 2. The van der Waals surface area contributed by atoms with E-state index in [0.29, 0.717) is 0 Å². The number of hydrogen-bond donors (Lipinski definition) is 1. The number of rotatable bonds is 2. The molecule has 0 bridgehead atoms. The molecule has 1 N–H and O–H groups in total. The average molecular weight is 125 g/mol. The third-order valence-electron chi connectivity index (χ3n) is 1.26. The zero-order chi connectivity index (χ0) is 6.69. The van der Waals surface area contributed by atoms with Gasteiger partial charge in [0.15, 0.2) is 0 Å². The number of hydrogen-bond acceptors (Lipinski definition) is 2. The summed E-state index contributed by atoms with van der Waals surface area (Å²) in [5.41, 5.74) is 0. The van der Waals surface area contributed by atoms with Gasteiger partial charge in [0, 0.05) is 19.4 Å². The molecule has 1 aromatic rings. The lowest BCUT2D eigenvalue weighted by molar-refractivity contribution is 0.709. The smallest absolute Gasteiger partial charge is 0.122 e. The molecule has 0 aliphatic heterocycles. The minimum Gasteiger partial charge on any atom is -0.337 e. The van der Waals surface area contributed by atoms with E-state index in [0.717, 1.165) is 12.4 Å². The average Bonchev–Trinajstić information content (AvgIpc) is 2.18. The molecule has 0 unspecified atom stereocenters. The topological polar surface area (TPSA) is 29.9 Å². The summed E-state index contributed by atoms with van der Waals surface area (Å²) < 4.78 is 2.00. The normalized spacial score (nSPS) is 10.0. The number of aryl methyl sites for hydroxylation is 1. The van der Waals surface area contributed by atoms with E-state index in [1.54, 1.807) is 6.20 Å². The molecule has 0 amide bonds. The minimum atomic E-state index is 0.837. The van der Waals surface area contributed by atoms with Crippen LogP contribution in [0.15, 0.2) is 12.4 Å². The molecule has 1 aromatic heterocycles. The van der Waals surface area contributed by atoms with Crippen LogP contribution in [0.1, 0.15) is 5.82 Å². The molecule has 3 nitrogen and oxygen atoms in total. The fourth-order valence-electron chi connectivity index (χ4n) is 0.725. The maximum absolute atomic E-state index is 4.11. The van der Waals surface area contributed by atoms with Crippen LogP contribution in [0.2, 0.25) is 0 Å². The third-order valence-corrected chi connectivity index (χ3v) is 1.26. The molecule has 0 saturated heterocycles. The highest BCUT2D eigenvalue weighted by molar-refractivity contribution is 4.89. The molecule has 0 radical (unpaired) electrons. The molecule has 0 aliphatic rings. The van der Waals surface area contributed by atoms with E-state index in [2.05, 4.69) is 10.3 Å². The van der Waals surface area contributed by atoms with Gasteiger partial charge in [-0.2, -0.15) is 0 Å². The van der Waals surface area contributed by atoms with Crippen molar-refractivity contribution in [2.24, 2.45) is 7.05 Å². The lowest BCUT2D eigenvalue weighted by Crippen LogP contribution is -2.09. The highest BCUT2D eigenvalue weighted by atomic mass is 15.1. The molecular weight excluding hydrogens is 114 g/mol. The first-order chi connectivity index (χ1) is 4.34. The molecule has 0 saturated carbocycles. The highest BCUT2D eigenvalue weighted by Gasteiger charge is 1.93. The Morgan fingerprint density at radius 3 is 3.00 bits per heavy atom. The Labute approximate surface area is 54.7 Å². The molecule has 3 heteroatoms. The van der Waals surface area contributed by atoms with E-state index in [9.17, 15) is 0 Å². The van der Waals surface area contributed by atoms with Crippen molar-refractivity contribution in [1.29, 1.82) is 0 Å². The largest absolute Gasteiger partial charge is 0.337 e. The maximum Gasteiger partial charge on any atom is 0.122 e. The summed E-state index contributed by atoms with van der Waals surface area (Å²) in [5, 5.41) is 3.03. The van der Waals surface area contributed by atoms with E-state index in [1.807, 2.05) is 24.9 Å². The van der Waals surface area contributed by atoms with Gasteiger partial charge in [-0.1, -0.05) is 0 Å². The monoisotopic (exact) mass is 125 g/mol. The van der Waals surface area contributed by atoms with Gasteiger partial charge in [0.05, 0.1) is 6.54 Å². The summed E-state index contributed by atoms with van der Waals surface area (Å²) in [6.45, 7) is 0.837. The summed E-state index contributed by atoms with van der Waals surface area (Å²) in [6, 6.07) is 0. The van der Waals surface area contributed by atoms with Gasteiger partial charge in [0.1, 0.15) is 5.82 Å². The van der Waals surface area contributed by atoms with E-state index >= 15 is 0 Å². The van der Waals surface area contributed by atoms with E-state index < -0.39 is 0 Å². The highest BCUT2D eigenvalue weighted by Crippen LogP contribution is 1.90. The molecule has 1 heterocycles. The zero-order valence-corrected chi connectivity index (χ0v) is 5.76. The van der Waals surface area contributed by atoms with Crippen LogP contribution in [-0.4, -0.2) is 16.6 Å². The van der Waals surface area contributed by atoms with Gasteiger partial charge in [0.2, 0.25) is 0 Å². The van der Waals surface area contributed by atoms with Gasteiger partial charge in [-0.3, -0.25) is 0 Å². The Bertz CT molecular complexity index is 180. The van der Waals surface area contributed by atoms with Crippen molar-refractivity contribution in [3.8, 4) is 0 Å². The van der Waals surface area contributed by atoms with Gasteiger partial charge in [-0.15, -0.1) is 0 Å². The van der Waals surface area contributed by atoms with Crippen molar-refractivity contribution in [1.82, 2.24) is 14.9 Å². The fourth-order valence-corrected chi connectivity index (χ4v) is 0.725. The minimum absolute atomic E-state index is 0.837. The predicted octanol–water partition coefficient (Wildman–Crippen LogP) is 0.139.